The summed E-state index contributed by atoms with van der Waals surface area (Å²) in [4.78, 5) is 0. The van der Waals surface area contributed by atoms with E-state index in [9.17, 15) is 5.11 Å². The van der Waals surface area contributed by atoms with Crippen molar-refractivity contribution >= 4 is 0 Å². The van der Waals surface area contributed by atoms with Crippen molar-refractivity contribution in [2.24, 2.45) is 5.73 Å². The van der Waals surface area contributed by atoms with Crippen LogP contribution in [0.1, 0.15) is 57.1 Å². The van der Waals surface area contributed by atoms with Crippen LogP contribution in [0.25, 0.3) is 0 Å². The fourth-order valence-corrected chi connectivity index (χ4v) is 2.22. The van der Waals surface area contributed by atoms with Crippen LogP contribution in [0.5, 0.6) is 5.75 Å². The number of hydrogen-bond acceptors (Lipinski definition) is 3. The molecule has 0 spiro atoms. The molecule has 1 aromatic rings. The molecule has 0 aliphatic heterocycles. The Bertz CT molecular complexity index is 411. The number of aliphatic hydroxyl groups excluding tert-OH is 1. The van der Waals surface area contributed by atoms with Crippen molar-refractivity contribution in [3.8, 4) is 5.75 Å². The van der Waals surface area contributed by atoms with Crippen LogP contribution in [0.4, 0.5) is 0 Å². The summed E-state index contributed by atoms with van der Waals surface area (Å²) in [5.74, 6) is 1.43. The number of aryl methyl sites for hydroxylation is 1. The first kappa shape index (κ1) is 17.0. The van der Waals surface area contributed by atoms with Crippen LogP contribution in [0.15, 0.2) is 18.2 Å². The standard InChI is InChI=1S/C17H29NO2/c1-5-17(18,12-19)9-6-10-20-16-11-14(4)7-8-15(16)13(2)3/h7-8,11,13,19H,5-6,9-10,12,18H2,1-4H3. The molecule has 0 bridgehead atoms. The monoisotopic (exact) mass is 279 g/mol. The number of aliphatic hydroxyl groups is 1. The molecule has 0 aliphatic rings. The number of nitrogens with two attached hydrogens (primary N) is 1. The van der Waals surface area contributed by atoms with Crippen molar-refractivity contribution < 1.29 is 9.84 Å². The lowest BCUT2D eigenvalue weighted by molar-refractivity contribution is 0.171. The molecule has 1 rings (SSSR count). The van der Waals surface area contributed by atoms with Crippen molar-refractivity contribution in [2.75, 3.05) is 13.2 Å². The maximum atomic E-state index is 9.29. The number of rotatable bonds is 8. The molecule has 0 heterocycles. The molecule has 0 saturated heterocycles. The molecule has 3 N–H and O–H groups in total. The second-order valence-electron chi connectivity index (χ2n) is 6.02. The van der Waals surface area contributed by atoms with E-state index in [2.05, 4.69) is 39.0 Å². The second kappa shape index (κ2) is 7.65. The first-order chi connectivity index (χ1) is 9.41. The van der Waals surface area contributed by atoms with Crippen molar-refractivity contribution in [1.29, 1.82) is 0 Å². The van der Waals surface area contributed by atoms with Gasteiger partial charge >= 0.3 is 0 Å². The largest absolute Gasteiger partial charge is 0.493 e. The highest BCUT2D eigenvalue weighted by Gasteiger charge is 2.20. The first-order valence-corrected chi connectivity index (χ1v) is 7.55. The predicted molar refractivity (Wildman–Crippen MR) is 84.3 cm³/mol. The summed E-state index contributed by atoms with van der Waals surface area (Å²) >= 11 is 0. The highest BCUT2D eigenvalue weighted by Crippen LogP contribution is 2.27. The topological polar surface area (TPSA) is 55.5 Å². The van der Waals surface area contributed by atoms with Crippen LogP contribution in [-0.2, 0) is 0 Å². The van der Waals surface area contributed by atoms with E-state index < -0.39 is 5.54 Å². The fraction of sp³-hybridized carbons (Fsp3) is 0.647. The summed E-state index contributed by atoms with van der Waals surface area (Å²) in [5.41, 5.74) is 8.06. The van der Waals surface area contributed by atoms with E-state index in [4.69, 9.17) is 10.5 Å². The van der Waals surface area contributed by atoms with E-state index in [1.54, 1.807) is 0 Å². The van der Waals surface area contributed by atoms with Gasteiger partial charge in [0.1, 0.15) is 5.75 Å². The molecule has 20 heavy (non-hydrogen) atoms. The van der Waals surface area contributed by atoms with Crippen LogP contribution in [0, 0.1) is 6.92 Å². The van der Waals surface area contributed by atoms with E-state index in [0.717, 1.165) is 25.0 Å². The van der Waals surface area contributed by atoms with Crippen LogP contribution in [-0.4, -0.2) is 23.9 Å². The zero-order valence-electron chi connectivity index (χ0n) is 13.3. The number of ether oxygens (including phenoxy) is 1. The van der Waals surface area contributed by atoms with Gasteiger partial charge in [0.2, 0.25) is 0 Å². The van der Waals surface area contributed by atoms with Gasteiger partial charge in [0, 0.05) is 5.54 Å². The zero-order valence-corrected chi connectivity index (χ0v) is 13.3. The Morgan fingerprint density at radius 2 is 2.05 bits per heavy atom. The van der Waals surface area contributed by atoms with Crippen molar-refractivity contribution in [3.05, 3.63) is 29.3 Å². The Balaban J connectivity index is 2.56. The molecule has 3 nitrogen and oxygen atoms in total. The molecule has 0 radical (unpaired) electrons. The fourth-order valence-electron chi connectivity index (χ4n) is 2.22. The average molecular weight is 279 g/mol. The van der Waals surface area contributed by atoms with Crippen LogP contribution in [0.2, 0.25) is 0 Å². The third kappa shape index (κ3) is 4.80. The van der Waals surface area contributed by atoms with E-state index in [1.165, 1.54) is 11.1 Å². The predicted octanol–water partition coefficient (Wildman–Crippen LogP) is 3.38. The van der Waals surface area contributed by atoms with Gasteiger partial charge in [-0.2, -0.15) is 0 Å². The third-order valence-corrected chi connectivity index (χ3v) is 3.89. The maximum Gasteiger partial charge on any atom is 0.122 e. The van der Waals surface area contributed by atoms with Crippen LogP contribution < -0.4 is 10.5 Å². The smallest absolute Gasteiger partial charge is 0.122 e. The molecule has 0 amide bonds. The van der Waals surface area contributed by atoms with Gasteiger partial charge in [0.25, 0.3) is 0 Å². The molecular formula is C17H29NO2. The highest BCUT2D eigenvalue weighted by atomic mass is 16.5. The van der Waals surface area contributed by atoms with Crippen molar-refractivity contribution in [2.45, 2.75) is 58.4 Å². The summed E-state index contributed by atoms with van der Waals surface area (Å²) in [7, 11) is 0. The van der Waals surface area contributed by atoms with Gasteiger partial charge in [-0.25, -0.2) is 0 Å². The van der Waals surface area contributed by atoms with E-state index in [1.807, 2.05) is 6.92 Å². The normalized spacial score (nSPS) is 14.3. The van der Waals surface area contributed by atoms with E-state index in [0.29, 0.717) is 12.5 Å². The second-order valence-corrected chi connectivity index (χ2v) is 6.02. The molecule has 1 atom stereocenters. The van der Waals surface area contributed by atoms with Gasteiger partial charge < -0.3 is 15.6 Å². The van der Waals surface area contributed by atoms with E-state index >= 15 is 0 Å². The summed E-state index contributed by atoms with van der Waals surface area (Å²) < 4.78 is 5.93. The SMILES string of the molecule is CCC(N)(CO)CCCOc1cc(C)ccc1C(C)C. The molecule has 0 aliphatic carbocycles. The molecule has 1 aromatic carbocycles. The summed E-state index contributed by atoms with van der Waals surface area (Å²) in [5, 5.41) is 9.29. The third-order valence-electron chi connectivity index (χ3n) is 3.89. The van der Waals surface area contributed by atoms with Crippen molar-refractivity contribution in [3.63, 3.8) is 0 Å². The molecule has 3 heteroatoms. The summed E-state index contributed by atoms with van der Waals surface area (Å²) in [6, 6.07) is 6.36. The Kier molecular flexibility index (Phi) is 6.50. The highest BCUT2D eigenvalue weighted by molar-refractivity contribution is 5.39. The molecule has 0 saturated carbocycles. The lowest BCUT2D eigenvalue weighted by atomic mass is 9.93. The van der Waals surface area contributed by atoms with Gasteiger partial charge in [-0.05, 0) is 49.3 Å². The Hall–Kier alpha value is -1.06. The molecular weight excluding hydrogens is 250 g/mol. The summed E-state index contributed by atoms with van der Waals surface area (Å²) in [6.07, 6.45) is 2.42. The van der Waals surface area contributed by atoms with Gasteiger partial charge in [-0.1, -0.05) is 32.9 Å². The minimum absolute atomic E-state index is 0.0329. The minimum Gasteiger partial charge on any atom is -0.493 e. The lowest BCUT2D eigenvalue weighted by Crippen LogP contribution is -2.43. The van der Waals surface area contributed by atoms with Gasteiger partial charge in [0.15, 0.2) is 0 Å². The number of benzene rings is 1. The number of hydrogen-bond donors (Lipinski definition) is 2. The first-order valence-electron chi connectivity index (χ1n) is 7.55. The zero-order chi connectivity index (χ0) is 15.2. The molecule has 1 unspecified atom stereocenters. The minimum atomic E-state index is -0.461. The van der Waals surface area contributed by atoms with Crippen LogP contribution >= 0.6 is 0 Å². The molecule has 0 fully saturated rings. The van der Waals surface area contributed by atoms with E-state index in [-0.39, 0.29) is 6.61 Å². The quantitative estimate of drug-likeness (QED) is 0.717. The van der Waals surface area contributed by atoms with Crippen LogP contribution in [0.3, 0.4) is 0 Å². The van der Waals surface area contributed by atoms with Gasteiger partial charge in [-0.3, -0.25) is 0 Å². The van der Waals surface area contributed by atoms with Crippen molar-refractivity contribution in [1.82, 2.24) is 0 Å². The van der Waals surface area contributed by atoms with Gasteiger partial charge in [0.05, 0.1) is 13.2 Å². The maximum absolute atomic E-state index is 9.29. The Morgan fingerprint density at radius 3 is 2.60 bits per heavy atom. The molecule has 0 aromatic heterocycles. The average Bonchev–Trinajstić information content (AvgIpc) is 2.43. The summed E-state index contributed by atoms with van der Waals surface area (Å²) in [6.45, 7) is 9.10. The lowest BCUT2D eigenvalue weighted by Gasteiger charge is -2.25. The molecule has 114 valence electrons. The Labute approximate surface area is 123 Å². The van der Waals surface area contributed by atoms with Gasteiger partial charge in [-0.15, -0.1) is 0 Å². The Morgan fingerprint density at radius 1 is 1.35 bits per heavy atom.